The molecule has 0 spiro atoms. The van der Waals surface area contributed by atoms with Crippen molar-refractivity contribution in [3.8, 4) is 0 Å². The first-order valence-corrected chi connectivity index (χ1v) is 7.43. The van der Waals surface area contributed by atoms with Crippen LogP contribution in [0.2, 0.25) is 0 Å². The summed E-state index contributed by atoms with van der Waals surface area (Å²) in [6.07, 6.45) is 1.28. The van der Waals surface area contributed by atoms with E-state index in [4.69, 9.17) is 5.11 Å². The van der Waals surface area contributed by atoms with Crippen molar-refractivity contribution in [2.24, 2.45) is 0 Å². The van der Waals surface area contributed by atoms with Crippen LogP contribution in [-0.4, -0.2) is 28.7 Å². The van der Waals surface area contributed by atoms with Crippen molar-refractivity contribution >= 4 is 21.4 Å². The minimum atomic E-state index is -3.71. The van der Waals surface area contributed by atoms with Crippen molar-refractivity contribution in [1.29, 1.82) is 0 Å². The molecule has 0 atom stereocenters. The number of H-pyrrole nitrogens is 1. The Bertz CT molecular complexity index is 632. The van der Waals surface area contributed by atoms with Gasteiger partial charge in [-0.3, -0.25) is 5.10 Å². The van der Waals surface area contributed by atoms with Crippen molar-refractivity contribution in [3.05, 3.63) is 27.8 Å². The van der Waals surface area contributed by atoms with Crippen molar-refractivity contribution in [2.75, 3.05) is 0 Å². The highest BCUT2D eigenvalue weighted by Gasteiger charge is 2.20. The number of aliphatic hydroxyl groups is 1. The van der Waals surface area contributed by atoms with Gasteiger partial charge in [-0.1, -0.05) is 0 Å². The number of thiazole rings is 1. The Balaban J connectivity index is 2.13. The van der Waals surface area contributed by atoms with Crippen LogP contribution in [0.4, 0.5) is 0 Å². The van der Waals surface area contributed by atoms with Crippen LogP contribution in [0, 0.1) is 6.92 Å². The van der Waals surface area contributed by atoms with Crippen LogP contribution in [0.25, 0.3) is 0 Å². The third kappa shape index (κ3) is 2.75. The highest BCUT2D eigenvalue weighted by Crippen LogP contribution is 2.13. The van der Waals surface area contributed by atoms with Gasteiger partial charge in [-0.2, -0.15) is 5.10 Å². The summed E-state index contributed by atoms with van der Waals surface area (Å²) < 4.78 is 26.3. The third-order valence-corrected chi connectivity index (χ3v) is 4.58. The maximum Gasteiger partial charge on any atom is 0.258 e. The SMILES string of the molecule is Cc1csc(CNS(=O)(=O)c2[nH]ncc2CO)n1. The lowest BCUT2D eigenvalue weighted by molar-refractivity contribution is 0.278. The van der Waals surface area contributed by atoms with Gasteiger partial charge in [-0.15, -0.1) is 11.3 Å². The second kappa shape index (κ2) is 5.14. The molecule has 0 unspecified atom stereocenters. The van der Waals surface area contributed by atoms with E-state index >= 15 is 0 Å². The smallest absolute Gasteiger partial charge is 0.258 e. The zero-order chi connectivity index (χ0) is 13.2. The molecule has 2 aromatic heterocycles. The summed E-state index contributed by atoms with van der Waals surface area (Å²) in [6, 6.07) is 0. The predicted molar refractivity (Wildman–Crippen MR) is 65.4 cm³/mol. The van der Waals surface area contributed by atoms with E-state index in [2.05, 4.69) is 19.9 Å². The third-order valence-electron chi connectivity index (χ3n) is 2.20. The summed E-state index contributed by atoms with van der Waals surface area (Å²) in [4.78, 5) is 4.15. The lowest BCUT2D eigenvalue weighted by Crippen LogP contribution is -2.24. The second-order valence-corrected chi connectivity index (χ2v) is 6.24. The van der Waals surface area contributed by atoms with Gasteiger partial charge >= 0.3 is 0 Å². The lowest BCUT2D eigenvalue weighted by atomic mass is 10.4. The molecule has 18 heavy (non-hydrogen) atoms. The van der Waals surface area contributed by atoms with Crippen LogP contribution >= 0.6 is 11.3 Å². The monoisotopic (exact) mass is 288 g/mol. The van der Waals surface area contributed by atoms with Crippen LogP contribution in [-0.2, 0) is 23.2 Å². The van der Waals surface area contributed by atoms with Gasteiger partial charge < -0.3 is 5.11 Å². The van der Waals surface area contributed by atoms with E-state index in [1.807, 2.05) is 12.3 Å². The van der Waals surface area contributed by atoms with Gasteiger partial charge in [0.05, 0.1) is 19.3 Å². The molecule has 0 aliphatic heterocycles. The van der Waals surface area contributed by atoms with Gasteiger partial charge in [0, 0.05) is 16.6 Å². The number of aryl methyl sites for hydroxylation is 1. The maximum atomic E-state index is 11.9. The number of aromatic amines is 1. The Hall–Kier alpha value is -1.29. The molecule has 0 aliphatic rings. The zero-order valence-electron chi connectivity index (χ0n) is 9.54. The fraction of sp³-hybridized carbons (Fsp3) is 0.333. The van der Waals surface area contributed by atoms with Gasteiger partial charge in [0.2, 0.25) is 0 Å². The first kappa shape index (κ1) is 13.1. The minimum Gasteiger partial charge on any atom is -0.392 e. The van der Waals surface area contributed by atoms with Crippen molar-refractivity contribution in [1.82, 2.24) is 19.9 Å². The van der Waals surface area contributed by atoms with Crippen molar-refractivity contribution in [2.45, 2.75) is 25.1 Å². The molecule has 0 amide bonds. The first-order valence-electron chi connectivity index (χ1n) is 5.06. The van der Waals surface area contributed by atoms with E-state index < -0.39 is 10.0 Å². The molecule has 2 rings (SSSR count). The average molecular weight is 288 g/mol. The molecular formula is C9H12N4O3S2. The predicted octanol–water partition coefficient (Wildman–Crippen LogP) is 0.145. The van der Waals surface area contributed by atoms with Gasteiger partial charge in [0.25, 0.3) is 10.0 Å². The van der Waals surface area contributed by atoms with Gasteiger partial charge in [-0.25, -0.2) is 18.1 Å². The number of aromatic nitrogens is 3. The average Bonchev–Trinajstić information content (AvgIpc) is 2.95. The largest absolute Gasteiger partial charge is 0.392 e. The van der Waals surface area contributed by atoms with Crippen molar-refractivity contribution < 1.29 is 13.5 Å². The number of hydrogen-bond donors (Lipinski definition) is 3. The van der Waals surface area contributed by atoms with E-state index in [1.54, 1.807) is 0 Å². The van der Waals surface area contributed by atoms with Crippen LogP contribution in [0.1, 0.15) is 16.3 Å². The number of hydrogen-bond acceptors (Lipinski definition) is 6. The molecule has 0 bridgehead atoms. The molecule has 0 fully saturated rings. The molecule has 0 aromatic carbocycles. The highest BCUT2D eigenvalue weighted by molar-refractivity contribution is 7.89. The van der Waals surface area contributed by atoms with Crippen molar-refractivity contribution in [3.63, 3.8) is 0 Å². The zero-order valence-corrected chi connectivity index (χ0v) is 11.2. The molecule has 0 aliphatic carbocycles. The second-order valence-electron chi connectivity index (χ2n) is 3.59. The summed E-state index contributed by atoms with van der Waals surface area (Å²) >= 11 is 1.38. The fourth-order valence-electron chi connectivity index (χ4n) is 1.36. The first-order chi connectivity index (χ1) is 8.53. The topological polar surface area (TPSA) is 108 Å². The minimum absolute atomic E-state index is 0.113. The molecule has 0 radical (unpaired) electrons. The number of sulfonamides is 1. The highest BCUT2D eigenvalue weighted by atomic mass is 32.2. The molecule has 0 saturated heterocycles. The summed E-state index contributed by atoms with van der Waals surface area (Å²) in [5.41, 5.74) is 1.09. The van der Waals surface area contributed by atoms with Gasteiger partial charge in [0.15, 0.2) is 5.03 Å². The van der Waals surface area contributed by atoms with Gasteiger partial charge in [-0.05, 0) is 6.92 Å². The Morgan fingerprint density at radius 3 is 2.94 bits per heavy atom. The molecule has 2 heterocycles. The molecule has 3 N–H and O–H groups in total. The summed E-state index contributed by atoms with van der Waals surface area (Å²) in [7, 11) is -3.71. The molecule has 7 nitrogen and oxygen atoms in total. The molecule has 98 valence electrons. The van der Waals surface area contributed by atoms with E-state index in [9.17, 15) is 8.42 Å². The number of aliphatic hydroxyl groups excluding tert-OH is 1. The Morgan fingerprint density at radius 1 is 1.56 bits per heavy atom. The van der Waals surface area contributed by atoms with Gasteiger partial charge in [0.1, 0.15) is 5.01 Å². The Morgan fingerprint density at radius 2 is 2.33 bits per heavy atom. The number of rotatable bonds is 5. The van der Waals surface area contributed by atoms with Crippen LogP contribution in [0.3, 0.4) is 0 Å². The van der Waals surface area contributed by atoms with E-state index in [0.29, 0.717) is 5.01 Å². The number of nitrogens with one attached hydrogen (secondary N) is 2. The summed E-state index contributed by atoms with van der Waals surface area (Å²) in [6.45, 7) is 1.57. The Kier molecular flexibility index (Phi) is 3.76. The Labute approximate surface area is 108 Å². The van der Waals surface area contributed by atoms with Crippen LogP contribution in [0.5, 0.6) is 0 Å². The summed E-state index contributed by atoms with van der Waals surface area (Å²) in [5.74, 6) is 0. The summed E-state index contributed by atoms with van der Waals surface area (Å²) in [5, 5.41) is 17.4. The van der Waals surface area contributed by atoms with E-state index in [0.717, 1.165) is 5.69 Å². The fourth-order valence-corrected chi connectivity index (χ4v) is 3.27. The number of nitrogens with zero attached hydrogens (tertiary/aromatic N) is 2. The standard InChI is InChI=1S/C9H12N4O3S2/c1-6-5-17-8(12-6)3-11-18(15,16)9-7(4-14)2-10-13-9/h2,5,11,14H,3-4H2,1H3,(H,10,13). The normalized spacial score (nSPS) is 11.9. The van der Waals surface area contributed by atoms with E-state index in [1.165, 1.54) is 17.5 Å². The van der Waals surface area contributed by atoms with Crippen LogP contribution in [0.15, 0.2) is 16.6 Å². The molecule has 2 aromatic rings. The van der Waals surface area contributed by atoms with Crippen LogP contribution < -0.4 is 4.72 Å². The quantitative estimate of drug-likeness (QED) is 0.725. The molecule has 0 saturated carbocycles. The molecule has 9 heteroatoms. The molecular weight excluding hydrogens is 276 g/mol. The lowest BCUT2D eigenvalue weighted by Gasteiger charge is -2.04. The maximum absolute atomic E-state index is 11.9. The van der Waals surface area contributed by atoms with E-state index in [-0.39, 0.29) is 23.7 Å².